The Bertz CT molecular complexity index is 1870. The van der Waals surface area contributed by atoms with E-state index in [0.29, 0.717) is 62.3 Å². The SMILES string of the molecule is C=CC(=O)N1C[C@H](C)N(c2nc(=O)n3c4c(c(-c5ccc(F)cc5F)c(Cl)cc24)OC[C@H]3CCCN2CCS(=O)(=O)CC2)C[C@H]1C. The molecule has 6 rings (SSSR count). The molecule has 0 saturated carbocycles. The molecule has 0 bridgehead atoms. The van der Waals surface area contributed by atoms with Crippen molar-refractivity contribution in [2.75, 3.05) is 55.7 Å². The number of ether oxygens (including phenoxy) is 1. The largest absolute Gasteiger partial charge is 0.488 e. The predicted molar refractivity (Wildman–Crippen MR) is 173 cm³/mol. The van der Waals surface area contributed by atoms with E-state index in [0.717, 1.165) is 12.1 Å². The Hall–Kier alpha value is -3.55. The molecule has 0 unspecified atom stereocenters. The first-order valence-electron chi connectivity index (χ1n) is 15.4. The molecule has 10 nitrogen and oxygen atoms in total. The molecule has 3 aliphatic rings. The molecule has 1 aromatic heterocycles. The third-order valence-corrected chi connectivity index (χ3v) is 11.2. The van der Waals surface area contributed by atoms with E-state index in [4.69, 9.17) is 16.3 Å². The number of halogens is 3. The van der Waals surface area contributed by atoms with Crippen LogP contribution in [0.25, 0.3) is 22.0 Å². The molecule has 46 heavy (non-hydrogen) atoms. The molecule has 0 spiro atoms. The Morgan fingerprint density at radius 2 is 1.89 bits per heavy atom. The maximum absolute atomic E-state index is 15.2. The van der Waals surface area contributed by atoms with E-state index in [1.165, 1.54) is 12.1 Å². The van der Waals surface area contributed by atoms with Crippen molar-refractivity contribution in [3.05, 3.63) is 64.1 Å². The van der Waals surface area contributed by atoms with Crippen LogP contribution in [0.5, 0.6) is 5.75 Å². The molecule has 0 N–H and O–H groups in total. The van der Waals surface area contributed by atoms with Crippen molar-refractivity contribution < 1.29 is 26.7 Å². The van der Waals surface area contributed by atoms with E-state index in [9.17, 15) is 22.4 Å². The summed E-state index contributed by atoms with van der Waals surface area (Å²) >= 11 is 6.85. The number of hydrogen-bond donors (Lipinski definition) is 0. The van der Waals surface area contributed by atoms with Crippen LogP contribution < -0.4 is 15.3 Å². The van der Waals surface area contributed by atoms with E-state index >= 15 is 4.39 Å². The number of aromatic nitrogens is 2. The molecular weight excluding hydrogens is 640 g/mol. The highest BCUT2D eigenvalue weighted by Crippen LogP contribution is 2.47. The molecule has 1 amide bonds. The van der Waals surface area contributed by atoms with Crippen molar-refractivity contribution in [3.8, 4) is 16.9 Å². The van der Waals surface area contributed by atoms with E-state index in [1.54, 1.807) is 15.5 Å². The molecule has 0 radical (unpaired) electrons. The zero-order valence-corrected chi connectivity index (χ0v) is 27.3. The molecule has 2 fully saturated rings. The van der Waals surface area contributed by atoms with Crippen molar-refractivity contribution >= 4 is 44.1 Å². The molecule has 4 heterocycles. The predicted octanol–water partition coefficient (Wildman–Crippen LogP) is 4.05. The van der Waals surface area contributed by atoms with Gasteiger partial charge in [0.15, 0.2) is 15.6 Å². The summed E-state index contributed by atoms with van der Waals surface area (Å²) in [4.78, 5) is 36.8. The number of hydrogen-bond acceptors (Lipinski definition) is 8. The van der Waals surface area contributed by atoms with Gasteiger partial charge in [-0.2, -0.15) is 4.98 Å². The maximum Gasteiger partial charge on any atom is 0.350 e. The van der Waals surface area contributed by atoms with E-state index in [2.05, 4.69) is 16.5 Å². The Labute approximate surface area is 271 Å². The lowest BCUT2D eigenvalue weighted by Gasteiger charge is -2.45. The Balaban J connectivity index is 1.43. The summed E-state index contributed by atoms with van der Waals surface area (Å²) in [6, 6.07) is 4.05. The van der Waals surface area contributed by atoms with Crippen LogP contribution in [-0.4, -0.2) is 96.6 Å². The molecule has 3 aromatic rings. The number of amides is 1. The first-order chi connectivity index (χ1) is 21.9. The summed E-state index contributed by atoms with van der Waals surface area (Å²) in [6.45, 7) is 9.95. The molecule has 3 atom stereocenters. The molecule has 2 saturated heterocycles. The fourth-order valence-electron chi connectivity index (χ4n) is 6.80. The monoisotopic (exact) mass is 675 g/mol. The second-order valence-corrected chi connectivity index (χ2v) is 15.0. The molecule has 2 aromatic carbocycles. The highest BCUT2D eigenvalue weighted by molar-refractivity contribution is 7.91. The van der Waals surface area contributed by atoms with Gasteiger partial charge in [0.2, 0.25) is 5.91 Å². The normalized spacial score (nSPS) is 22.9. The van der Waals surface area contributed by atoms with Crippen LogP contribution in [0.15, 0.2) is 41.7 Å². The van der Waals surface area contributed by atoms with Crippen molar-refractivity contribution in [1.29, 1.82) is 0 Å². The second kappa shape index (κ2) is 12.6. The van der Waals surface area contributed by atoms with Crippen molar-refractivity contribution in [2.24, 2.45) is 0 Å². The highest BCUT2D eigenvalue weighted by Gasteiger charge is 2.36. The van der Waals surface area contributed by atoms with Gasteiger partial charge in [-0.1, -0.05) is 18.2 Å². The van der Waals surface area contributed by atoms with Gasteiger partial charge < -0.3 is 19.4 Å². The third-order valence-electron chi connectivity index (χ3n) is 9.25. The fourth-order valence-corrected chi connectivity index (χ4v) is 8.38. The number of carbonyl (C=O) groups is 1. The highest BCUT2D eigenvalue weighted by atomic mass is 35.5. The van der Waals surface area contributed by atoms with Gasteiger partial charge >= 0.3 is 5.69 Å². The maximum atomic E-state index is 15.2. The molecule has 246 valence electrons. The summed E-state index contributed by atoms with van der Waals surface area (Å²) in [7, 11) is -2.99. The summed E-state index contributed by atoms with van der Waals surface area (Å²) in [5.41, 5.74) is 0.173. The quantitative estimate of drug-likeness (QED) is 0.346. The second-order valence-electron chi connectivity index (χ2n) is 12.3. The minimum Gasteiger partial charge on any atom is -0.488 e. The van der Waals surface area contributed by atoms with Gasteiger partial charge in [0, 0.05) is 60.8 Å². The summed E-state index contributed by atoms with van der Waals surface area (Å²) < 4.78 is 60.6. The van der Waals surface area contributed by atoms with Crippen LogP contribution in [-0.2, 0) is 14.6 Å². The number of benzene rings is 2. The standard InChI is InChI=1S/C32H36ClF2N5O5S/c1-4-27(41)38-16-20(3)39(17-19(38)2)31-24-15-25(33)28(23-8-7-21(34)14-26(23)35)30-29(24)40(32(42)36-31)22(18-45-30)6-5-9-37-10-12-46(43,44)13-11-37/h4,7-8,14-15,19-20,22H,1,5-6,9-13,16-18H2,2-3H3/t19-,20+,22-/m1/s1. The summed E-state index contributed by atoms with van der Waals surface area (Å²) in [6.07, 6.45) is 2.52. The van der Waals surface area contributed by atoms with Gasteiger partial charge in [-0.05, 0) is 57.5 Å². The van der Waals surface area contributed by atoms with Gasteiger partial charge in [-0.15, -0.1) is 0 Å². The number of carbonyl (C=O) groups excluding carboxylic acids is 1. The number of sulfone groups is 1. The van der Waals surface area contributed by atoms with Gasteiger partial charge in [-0.3, -0.25) is 9.36 Å². The number of nitrogens with zero attached hydrogens (tertiary/aromatic N) is 5. The van der Waals surface area contributed by atoms with Gasteiger partial charge in [0.05, 0.1) is 28.1 Å². The lowest BCUT2D eigenvalue weighted by Crippen LogP contribution is -2.58. The van der Waals surface area contributed by atoms with E-state index in [-0.39, 0.29) is 58.0 Å². The Morgan fingerprint density at radius 1 is 1.15 bits per heavy atom. The topological polar surface area (TPSA) is 105 Å². The van der Waals surface area contributed by atoms with Crippen molar-refractivity contribution in [3.63, 3.8) is 0 Å². The lowest BCUT2D eigenvalue weighted by atomic mass is 9.98. The van der Waals surface area contributed by atoms with Crippen LogP contribution in [0.2, 0.25) is 5.02 Å². The van der Waals surface area contributed by atoms with Crippen LogP contribution in [0.4, 0.5) is 14.6 Å². The molecular formula is C32H36ClF2N5O5S. The zero-order valence-electron chi connectivity index (χ0n) is 25.7. The third kappa shape index (κ3) is 6.00. The van der Waals surface area contributed by atoms with Crippen LogP contribution in [0, 0.1) is 11.6 Å². The average molecular weight is 676 g/mol. The minimum absolute atomic E-state index is 0.0395. The lowest BCUT2D eigenvalue weighted by molar-refractivity contribution is -0.128. The summed E-state index contributed by atoms with van der Waals surface area (Å²) in [5, 5.41) is 0.695. The van der Waals surface area contributed by atoms with Crippen LogP contribution >= 0.6 is 11.6 Å². The van der Waals surface area contributed by atoms with E-state index < -0.39 is 33.2 Å². The van der Waals surface area contributed by atoms with Gasteiger partial charge in [-0.25, -0.2) is 22.0 Å². The van der Waals surface area contributed by atoms with Crippen molar-refractivity contribution in [1.82, 2.24) is 19.4 Å². The molecule has 0 aliphatic carbocycles. The number of piperazine rings is 1. The van der Waals surface area contributed by atoms with Crippen molar-refractivity contribution in [2.45, 2.75) is 44.8 Å². The first kappa shape index (κ1) is 32.4. The average Bonchev–Trinajstić information content (AvgIpc) is 3.01. The Kier molecular flexibility index (Phi) is 8.85. The van der Waals surface area contributed by atoms with Crippen LogP contribution in [0.1, 0.15) is 32.7 Å². The number of rotatable bonds is 7. The zero-order chi connectivity index (χ0) is 32.9. The van der Waals surface area contributed by atoms with Gasteiger partial charge in [0.25, 0.3) is 0 Å². The smallest absolute Gasteiger partial charge is 0.350 e. The fraction of sp³-hybridized carbons (Fsp3) is 0.469. The Morgan fingerprint density at radius 3 is 2.59 bits per heavy atom. The van der Waals surface area contributed by atoms with E-state index in [1.807, 2.05) is 18.7 Å². The molecule has 3 aliphatic heterocycles. The first-order valence-corrected chi connectivity index (χ1v) is 17.6. The summed E-state index contributed by atoms with van der Waals surface area (Å²) in [5.74, 6) is -0.869. The number of anilines is 1. The van der Waals surface area contributed by atoms with Crippen LogP contribution in [0.3, 0.4) is 0 Å². The minimum atomic E-state index is -2.99. The molecule has 14 heteroatoms. The van der Waals surface area contributed by atoms with Gasteiger partial charge in [0.1, 0.15) is 24.1 Å².